The van der Waals surface area contributed by atoms with E-state index >= 15 is 0 Å². The van der Waals surface area contributed by atoms with Crippen LogP contribution in [0, 0.1) is 0 Å². The number of ether oxygens (including phenoxy) is 1. The van der Waals surface area contributed by atoms with Crippen LogP contribution in [-0.4, -0.2) is 43.4 Å². The Morgan fingerprint density at radius 2 is 2.08 bits per heavy atom. The van der Waals surface area contributed by atoms with Crippen LogP contribution < -0.4 is 0 Å². The van der Waals surface area contributed by atoms with E-state index in [1.165, 1.54) is 4.90 Å². The summed E-state index contributed by atoms with van der Waals surface area (Å²) in [5, 5.41) is 0. The van der Waals surface area contributed by atoms with Gasteiger partial charge in [0.2, 0.25) is 0 Å². The highest BCUT2D eigenvalue weighted by Crippen LogP contribution is 2.19. The molecule has 1 atom stereocenters. The summed E-state index contributed by atoms with van der Waals surface area (Å²) in [7, 11) is 0. The van der Waals surface area contributed by atoms with Crippen molar-refractivity contribution in [1.82, 2.24) is 4.90 Å². The monoisotopic (exact) mass is 197 g/mol. The van der Waals surface area contributed by atoms with Crippen LogP contribution >= 0.6 is 0 Å². The van der Waals surface area contributed by atoms with Crippen molar-refractivity contribution in [2.75, 3.05) is 26.3 Å². The minimum Gasteiger partial charge on any atom is -0.380 e. The fourth-order valence-corrected chi connectivity index (χ4v) is 1.41. The molecule has 1 aliphatic heterocycles. The van der Waals surface area contributed by atoms with Crippen LogP contribution in [-0.2, 0) is 4.74 Å². The lowest BCUT2D eigenvalue weighted by atomic mass is 10.2. The molecule has 0 aromatic carbocycles. The van der Waals surface area contributed by atoms with Gasteiger partial charge in [0.05, 0.1) is 13.2 Å². The Balaban J connectivity index is 2.45. The Morgan fingerprint density at radius 3 is 2.69 bits per heavy atom. The fraction of sp³-hybridized carbons (Fsp3) is 1.00. The average molecular weight is 197 g/mol. The highest BCUT2D eigenvalue weighted by atomic mass is 19.4. The third-order valence-corrected chi connectivity index (χ3v) is 2.21. The first-order valence-electron chi connectivity index (χ1n) is 4.37. The van der Waals surface area contributed by atoms with E-state index in [0.717, 1.165) is 0 Å². The topological polar surface area (TPSA) is 12.5 Å². The Kier molecular flexibility index (Phi) is 3.55. The van der Waals surface area contributed by atoms with E-state index in [4.69, 9.17) is 4.74 Å². The molecule has 1 rings (SSSR count). The molecule has 1 heterocycles. The zero-order chi connectivity index (χ0) is 9.90. The SMILES string of the molecule is CC1CCOCCN1CC(F)(F)F. The van der Waals surface area contributed by atoms with Crippen molar-refractivity contribution in [3.05, 3.63) is 0 Å². The summed E-state index contributed by atoms with van der Waals surface area (Å²) in [6.07, 6.45) is -3.42. The molecule has 1 aliphatic rings. The molecule has 0 N–H and O–H groups in total. The number of hydrogen-bond donors (Lipinski definition) is 0. The van der Waals surface area contributed by atoms with Crippen LogP contribution in [0.3, 0.4) is 0 Å². The number of rotatable bonds is 1. The maximum Gasteiger partial charge on any atom is 0.401 e. The summed E-state index contributed by atoms with van der Waals surface area (Å²) in [5.74, 6) is 0. The van der Waals surface area contributed by atoms with E-state index in [1.54, 1.807) is 6.92 Å². The number of alkyl halides is 3. The lowest BCUT2D eigenvalue weighted by molar-refractivity contribution is -0.149. The fourth-order valence-electron chi connectivity index (χ4n) is 1.41. The van der Waals surface area contributed by atoms with Gasteiger partial charge in [-0.1, -0.05) is 0 Å². The first-order chi connectivity index (χ1) is 5.99. The lowest BCUT2D eigenvalue weighted by Crippen LogP contribution is -2.40. The highest BCUT2D eigenvalue weighted by molar-refractivity contribution is 4.72. The molecule has 1 unspecified atom stereocenters. The molecule has 78 valence electrons. The van der Waals surface area contributed by atoms with Crippen LogP contribution in [0.25, 0.3) is 0 Å². The van der Waals surface area contributed by atoms with E-state index in [9.17, 15) is 13.2 Å². The van der Waals surface area contributed by atoms with E-state index in [-0.39, 0.29) is 6.04 Å². The molecular weight excluding hydrogens is 183 g/mol. The summed E-state index contributed by atoms with van der Waals surface area (Å²) in [5.41, 5.74) is 0. The second-order valence-electron chi connectivity index (χ2n) is 3.34. The summed E-state index contributed by atoms with van der Waals surface area (Å²) in [4.78, 5) is 1.42. The standard InChI is InChI=1S/C8H14F3NO/c1-7-2-4-13-5-3-12(7)6-8(9,10)11/h7H,2-6H2,1H3. The predicted octanol–water partition coefficient (Wildman–Crippen LogP) is 1.66. The van der Waals surface area contributed by atoms with E-state index in [1.807, 2.05) is 0 Å². The van der Waals surface area contributed by atoms with Crippen LogP contribution in [0.4, 0.5) is 13.2 Å². The van der Waals surface area contributed by atoms with Crippen molar-refractivity contribution in [3.8, 4) is 0 Å². The first kappa shape index (κ1) is 10.8. The Bertz CT molecular complexity index is 160. The molecule has 0 aromatic heterocycles. The summed E-state index contributed by atoms with van der Waals surface area (Å²) in [6.45, 7) is 2.33. The minimum atomic E-state index is -4.10. The van der Waals surface area contributed by atoms with Gasteiger partial charge in [-0.05, 0) is 13.3 Å². The maximum absolute atomic E-state index is 12.1. The second-order valence-corrected chi connectivity index (χ2v) is 3.34. The van der Waals surface area contributed by atoms with E-state index in [0.29, 0.717) is 26.2 Å². The van der Waals surface area contributed by atoms with Crippen molar-refractivity contribution in [2.24, 2.45) is 0 Å². The van der Waals surface area contributed by atoms with Crippen molar-refractivity contribution >= 4 is 0 Å². The molecule has 0 spiro atoms. The van der Waals surface area contributed by atoms with Crippen LogP contribution in [0.5, 0.6) is 0 Å². The van der Waals surface area contributed by atoms with E-state index < -0.39 is 12.7 Å². The van der Waals surface area contributed by atoms with Gasteiger partial charge in [-0.15, -0.1) is 0 Å². The van der Waals surface area contributed by atoms with Crippen molar-refractivity contribution in [1.29, 1.82) is 0 Å². The van der Waals surface area contributed by atoms with Gasteiger partial charge in [-0.3, -0.25) is 4.90 Å². The normalized spacial score (nSPS) is 27.2. The van der Waals surface area contributed by atoms with Gasteiger partial charge in [0.25, 0.3) is 0 Å². The molecule has 0 saturated carbocycles. The molecule has 0 aromatic rings. The van der Waals surface area contributed by atoms with Gasteiger partial charge in [0.15, 0.2) is 0 Å². The van der Waals surface area contributed by atoms with Crippen molar-refractivity contribution in [2.45, 2.75) is 25.6 Å². The summed E-state index contributed by atoms with van der Waals surface area (Å²) >= 11 is 0. The van der Waals surface area contributed by atoms with Gasteiger partial charge in [-0.25, -0.2) is 0 Å². The van der Waals surface area contributed by atoms with Crippen LogP contribution in [0.2, 0.25) is 0 Å². The molecule has 0 radical (unpaired) electrons. The number of hydrogen-bond acceptors (Lipinski definition) is 2. The Hall–Kier alpha value is -0.290. The second kappa shape index (κ2) is 4.28. The minimum absolute atomic E-state index is 0.0378. The zero-order valence-corrected chi connectivity index (χ0v) is 7.60. The molecule has 0 bridgehead atoms. The number of nitrogens with zero attached hydrogens (tertiary/aromatic N) is 1. The molecule has 5 heteroatoms. The Labute approximate surface area is 75.7 Å². The smallest absolute Gasteiger partial charge is 0.380 e. The molecule has 0 amide bonds. The molecule has 13 heavy (non-hydrogen) atoms. The van der Waals surface area contributed by atoms with Gasteiger partial charge in [0.1, 0.15) is 0 Å². The molecular formula is C8H14F3NO. The third-order valence-electron chi connectivity index (χ3n) is 2.21. The van der Waals surface area contributed by atoms with E-state index in [2.05, 4.69) is 0 Å². The third kappa shape index (κ3) is 3.95. The Morgan fingerprint density at radius 1 is 1.38 bits per heavy atom. The quantitative estimate of drug-likeness (QED) is 0.634. The largest absolute Gasteiger partial charge is 0.401 e. The van der Waals surface area contributed by atoms with Crippen LogP contribution in [0.1, 0.15) is 13.3 Å². The molecule has 0 aliphatic carbocycles. The first-order valence-corrected chi connectivity index (χ1v) is 4.37. The van der Waals surface area contributed by atoms with Gasteiger partial charge < -0.3 is 4.74 Å². The van der Waals surface area contributed by atoms with Crippen molar-refractivity contribution in [3.63, 3.8) is 0 Å². The summed E-state index contributed by atoms with van der Waals surface area (Å²) < 4.78 is 41.3. The zero-order valence-electron chi connectivity index (χ0n) is 7.60. The van der Waals surface area contributed by atoms with Crippen molar-refractivity contribution < 1.29 is 17.9 Å². The summed E-state index contributed by atoms with van der Waals surface area (Å²) in [6, 6.07) is -0.0378. The predicted molar refractivity (Wildman–Crippen MR) is 42.5 cm³/mol. The van der Waals surface area contributed by atoms with Crippen LogP contribution in [0.15, 0.2) is 0 Å². The van der Waals surface area contributed by atoms with Gasteiger partial charge >= 0.3 is 6.18 Å². The molecule has 2 nitrogen and oxygen atoms in total. The lowest BCUT2D eigenvalue weighted by Gasteiger charge is -2.26. The molecule has 1 fully saturated rings. The van der Waals surface area contributed by atoms with Gasteiger partial charge in [-0.2, -0.15) is 13.2 Å². The number of halogens is 3. The van der Waals surface area contributed by atoms with Gasteiger partial charge in [0, 0.05) is 19.2 Å². The molecule has 1 saturated heterocycles. The highest BCUT2D eigenvalue weighted by Gasteiger charge is 2.32. The maximum atomic E-state index is 12.1. The average Bonchev–Trinajstić information content (AvgIpc) is 2.14.